The molecule has 1 heterocycles. The van der Waals surface area contributed by atoms with Gasteiger partial charge in [0.25, 0.3) is 6.43 Å². The van der Waals surface area contributed by atoms with Crippen molar-refractivity contribution in [2.75, 3.05) is 7.11 Å². The number of hydrogen-bond acceptors (Lipinski definition) is 3. The van der Waals surface area contributed by atoms with Crippen LogP contribution >= 0.6 is 15.9 Å². The maximum atomic E-state index is 12.3. The molecule has 0 spiro atoms. The molecule has 0 saturated heterocycles. The molecule has 72 valence electrons. The third-order valence-electron chi connectivity index (χ3n) is 1.38. The van der Waals surface area contributed by atoms with Crippen molar-refractivity contribution in [3.8, 4) is 11.5 Å². The smallest absolute Gasteiger partial charge is 0.284 e. The van der Waals surface area contributed by atoms with Crippen LogP contribution in [0.15, 0.2) is 10.7 Å². The fraction of sp³-hybridized carbons (Fsp3) is 0.286. The van der Waals surface area contributed by atoms with Gasteiger partial charge in [-0.2, -0.15) is 0 Å². The highest BCUT2D eigenvalue weighted by Gasteiger charge is 2.18. The second-order valence-corrected chi connectivity index (χ2v) is 2.94. The molecular weight excluding hydrogens is 248 g/mol. The van der Waals surface area contributed by atoms with E-state index >= 15 is 0 Å². The number of aromatic nitrogens is 1. The minimum atomic E-state index is -2.73. The minimum Gasteiger partial charge on any atom is -0.505 e. The molecule has 0 atom stereocenters. The van der Waals surface area contributed by atoms with E-state index in [-0.39, 0.29) is 16.1 Å². The number of aromatic hydroxyl groups is 1. The van der Waals surface area contributed by atoms with Gasteiger partial charge in [-0.3, -0.25) is 0 Å². The molecule has 3 nitrogen and oxygen atoms in total. The molecule has 13 heavy (non-hydrogen) atoms. The number of nitrogens with zero attached hydrogens (tertiary/aromatic N) is 1. The van der Waals surface area contributed by atoms with Crippen LogP contribution < -0.4 is 4.74 Å². The lowest BCUT2D eigenvalue weighted by Crippen LogP contribution is -1.96. The maximum Gasteiger partial charge on any atom is 0.284 e. The zero-order valence-corrected chi connectivity index (χ0v) is 8.18. The van der Waals surface area contributed by atoms with Crippen molar-refractivity contribution in [2.24, 2.45) is 0 Å². The first-order chi connectivity index (χ1) is 6.06. The van der Waals surface area contributed by atoms with Gasteiger partial charge in [-0.25, -0.2) is 13.8 Å². The first-order valence-corrected chi connectivity index (χ1v) is 4.07. The largest absolute Gasteiger partial charge is 0.505 e. The number of ether oxygens (including phenoxy) is 1. The van der Waals surface area contributed by atoms with Crippen LogP contribution in [-0.2, 0) is 0 Å². The van der Waals surface area contributed by atoms with Crippen molar-refractivity contribution in [3.05, 3.63) is 16.4 Å². The molecule has 0 radical (unpaired) electrons. The predicted molar refractivity (Wildman–Crippen MR) is 45.1 cm³/mol. The zero-order chi connectivity index (χ0) is 10.0. The molecule has 0 fully saturated rings. The monoisotopic (exact) mass is 253 g/mol. The molecule has 1 N–H and O–H groups in total. The standard InChI is InChI=1S/C7H6BrF2NO2/c1-13-4-2-3(12)6(8)11-5(4)7(9)10/h2,7,12H,1H3. The van der Waals surface area contributed by atoms with E-state index in [1.54, 1.807) is 0 Å². The normalized spacial score (nSPS) is 10.5. The van der Waals surface area contributed by atoms with Crippen LogP contribution in [0.1, 0.15) is 12.1 Å². The summed E-state index contributed by atoms with van der Waals surface area (Å²) in [6, 6.07) is 1.08. The molecule has 1 aromatic rings. The van der Waals surface area contributed by atoms with Gasteiger partial charge in [0.15, 0.2) is 5.75 Å². The molecule has 0 aromatic carbocycles. The van der Waals surface area contributed by atoms with Crippen molar-refractivity contribution in [1.29, 1.82) is 0 Å². The molecule has 1 aromatic heterocycles. The molecule has 0 saturated carbocycles. The van der Waals surface area contributed by atoms with Gasteiger partial charge in [0.1, 0.15) is 16.0 Å². The highest BCUT2D eigenvalue weighted by Crippen LogP contribution is 2.33. The molecule has 0 aliphatic heterocycles. The van der Waals surface area contributed by atoms with E-state index in [4.69, 9.17) is 5.11 Å². The number of methoxy groups -OCH3 is 1. The van der Waals surface area contributed by atoms with Gasteiger partial charge < -0.3 is 9.84 Å². The number of alkyl halides is 2. The van der Waals surface area contributed by atoms with Crippen LogP contribution in [0.4, 0.5) is 8.78 Å². The quantitative estimate of drug-likeness (QED) is 0.824. The number of rotatable bonds is 2. The van der Waals surface area contributed by atoms with Gasteiger partial charge in [0, 0.05) is 6.07 Å². The highest BCUT2D eigenvalue weighted by atomic mass is 79.9. The summed E-state index contributed by atoms with van der Waals surface area (Å²) in [7, 11) is 1.23. The third kappa shape index (κ3) is 2.06. The summed E-state index contributed by atoms with van der Waals surface area (Å²) in [5, 5.41) is 9.10. The molecule has 0 aliphatic rings. The molecule has 6 heteroatoms. The van der Waals surface area contributed by atoms with E-state index in [0.29, 0.717) is 0 Å². The summed E-state index contributed by atoms with van der Waals surface area (Å²) >= 11 is 2.83. The summed E-state index contributed by atoms with van der Waals surface area (Å²) in [6.07, 6.45) is -2.73. The topological polar surface area (TPSA) is 42.4 Å². The van der Waals surface area contributed by atoms with E-state index in [1.165, 1.54) is 7.11 Å². The Bertz CT molecular complexity index is 320. The van der Waals surface area contributed by atoms with Gasteiger partial charge in [-0.1, -0.05) is 0 Å². The van der Waals surface area contributed by atoms with Crippen LogP contribution in [0, 0.1) is 0 Å². The van der Waals surface area contributed by atoms with Crippen molar-refractivity contribution < 1.29 is 18.6 Å². The summed E-state index contributed by atoms with van der Waals surface area (Å²) < 4.78 is 29.2. The maximum absolute atomic E-state index is 12.3. The van der Waals surface area contributed by atoms with Gasteiger partial charge >= 0.3 is 0 Å². The molecule has 0 unspecified atom stereocenters. The molecule has 0 bridgehead atoms. The number of hydrogen-bond donors (Lipinski definition) is 1. The Morgan fingerprint density at radius 1 is 1.62 bits per heavy atom. The Balaban J connectivity index is 3.25. The Morgan fingerprint density at radius 2 is 2.23 bits per heavy atom. The fourth-order valence-corrected chi connectivity index (χ4v) is 1.10. The average molecular weight is 254 g/mol. The molecule has 1 rings (SSSR count). The lowest BCUT2D eigenvalue weighted by molar-refractivity contribution is 0.141. The van der Waals surface area contributed by atoms with Gasteiger partial charge in [-0.05, 0) is 15.9 Å². The van der Waals surface area contributed by atoms with E-state index in [0.717, 1.165) is 6.07 Å². The van der Waals surface area contributed by atoms with Crippen LogP contribution in [0.5, 0.6) is 11.5 Å². The van der Waals surface area contributed by atoms with E-state index < -0.39 is 12.1 Å². The first-order valence-electron chi connectivity index (χ1n) is 3.27. The molecule has 0 aliphatic carbocycles. The van der Waals surface area contributed by atoms with Crippen LogP contribution in [0.2, 0.25) is 0 Å². The number of pyridine rings is 1. The van der Waals surface area contributed by atoms with Gasteiger partial charge in [0.05, 0.1) is 7.11 Å². The van der Waals surface area contributed by atoms with Crippen LogP contribution in [0.25, 0.3) is 0 Å². The summed E-state index contributed by atoms with van der Waals surface area (Å²) in [5.41, 5.74) is -0.493. The van der Waals surface area contributed by atoms with Crippen molar-refractivity contribution in [1.82, 2.24) is 4.98 Å². The average Bonchev–Trinajstić information content (AvgIpc) is 2.08. The van der Waals surface area contributed by atoms with E-state index in [1.807, 2.05) is 0 Å². The lowest BCUT2D eigenvalue weighted by Gasteiger charge is -2.07. The minimum absolute atomic E-state index is 0.0244. The Morgan fingerprint density at radius 3 is 2.69 bits per heavy atom. The predicted octanol–water partition coefficient (Wildman–Crippen LogP) is 2.50. The second kappa shape index (κ2) is 3.87. The molecule has 0 amide bonds. The van der Waals surface area contributed by atoms with Crippen molar-refractivity contribution in [2.45, 2.75) is 6.43 Å². The summed E-state index contributed by atoms with van der Waals surface area (Å²) in [6.45, 7) is 0. The summed E-state index contributed by atoms with van der Waals surface area (Å²) in [4.78, 5) is 3.43. The SMILES string of the molecule is COc1cc(O)c(Br)nc1C(F)F. The summed E-state index contributed by atoms with van der Waals surface area (Å²) in [5.74, 6) is -0.364. The molecular formula is C7H6BrF2NO2. The Hall–Kier alpha value is -0.910. The lowest BCUT2D eigenvalue weighted by atomic mass is 10.3. The van der Waals surface area contributed by atoms with E-state index in [2.05, 4.69) is 25.7 Å². The third-order valence-corrected chi connectivity index (χ3v) is 1.96. The van der Waals surface area contributed by atoms with E-state index in [9.17, 15) is 8.78 Å². The first kappa shape index (κ1) is 10.2. The Labute approximate surface area is 81.5 Å². The van der Waals surface area contributed by atoms with Gasteiger partial charge in [0.2, 0.25) is 0 Å². The van der Waals surface area contributed by atoms with Crippen molar-refractivity contribution >= 4 is 15.9 Å². The van der Waals surface area contributed by atoms with Crippen molar-refractivity contribution in [3.63, 3.8) is 0 Å². The Kier molecular flexibility index (Phi) is 3.02. The number of halogens is 3. The highest BCUT2D eigenvalue weighted by molar-refractivity contribution is 9.10. The zero-order valence-electron chi connectivity index (χ0n) is 6.59. The van der Waals surface area contributed by atoms with Crippen LogP contribution in [0.3, 0.4) is 0 Å². The second-order valence-electron chi connectivity index (χ2n) is 2.19. The van der Waals surface area contributed by atoms with Crippen LogP contribution in [-0.4, -0.2) is 17.2 Å². The fourth-order valence-electron chi connectivity index (χ4n) is 0.796. The van der Waals surface area contributed by atoms with Gasteiger partial charge in [-0.15, -0.1) is 0 Å².